The molecular formula is C15H32N2O4S2. The molecule has 1 rings (SSSR count). The van der Waals surface area contributed by atoms with Gasteiger partial charge in [0.25, 0.3) is 0 Å². The van der Waals surface area contributed by atoms with Crippen molar-refractivity contribution in [3.8, 4) is 0 Å². The Morgan fingerprint density at radius 2 is 1.35 bits per heavy atom. The third kappa shape index (κ3) is 14.5. The Kier molecular flexibility index (Phi) is 16.2. The molecule has 0 amide bonds. The van der Waals surface area contributed by atoms with Crippen LogP contribution in [0.1, 0.15) is 0 Å². The van der Waals surface area contributed by atoms with Crippen LogP contribution in [0.25, 0.3) is 0 Å². The van der Waals surface area contributed by atoms with Crippen molar-refractivity contribution in [3.63, 3.8) is 0 Å². The van der Waals surface area contributed by atoms with Crippen molar-refractivity contribution in [2.45, 2.75) is 5.25 Å². The lowest BCUT2D eigenvalue weighted by atomic mass is 10.5. The highest BCUT2D eigenvalue weighted by molar-refractivity contribution is 8.03. The largest absolute Gasteiger partial charge is 0.395 e. The fourth-order valence-corrected chi connectivity index (χ4v) is 4.09. The minimum atomic E-state index is 0.252. The Labute approximate surface area is 148 Å². The molecule has 138 valence electrons. The predicted molar refractivity (Wildman–Crippen MR) is 98.9 cm³/mol. The van der Waals surface area contributed by atoms with Gasteiger partial charge in [-0.2, -0.15) is 23.5 Å². The highest BCUT2D eigenvalue weighted by Gasteiger charge is 2.07. The lowest BCUT2D eigenvalue weighted by Crippen LogP contribution is -2.24. The van der Waals surface area contributed by atoms with E-state index in [0.717, 1.165) is 43.4 Å². The average Bonchev–Trinajstić information content (AvgIpc) is 2.57. The van der Waals surface area contributed by atoms with Crippen LogP contribution in [0.3, 0.4) is 0 Å². The van der Waals surface area contributed by atoms with Crippen molar-refractivity contribution in [1.29, 1.82) is 0 Å². The van der Waals surface area contributed by atoms with Crippen LogP contribution >= 0.6 is 23.5 Å². The SMILES string of the molecule is OCC1CSCCNCCOCCOCCOCCNCCS1. The van der Waals surface area contributed by atoms with Gasteiger partial charge >= 0.3 is 0 Å². The summed E-state index contributed by atoms with van der Waals surface area (Å²) in [5.74, 6) is 3.08. The molecular weight excluding hydrogens is 336 g/mol. The second-order valence-corrected chi connectivity index (χ2v) is 7.65. The van der Waals surface area contributed by atoms with E-state index < -0.39 is 0 Å². The fraction of sp³-hybridized carbons (Fsp3) is 1.00. The number of hydrogen-bond donors (Lipinski definition) is 3. The number of rotatable bonds is 1. The van der Waals surface area contributed by atoms with Crippen LogP contribution in [-0.4, -0.2) is 100 Å². The summed E-state index contributed by atoms with van der Waals surface area (Å²) in [4.78, 5) is 0. The topological polar surface area (TPSA) is 72.0 Å². The first-order valence-corrected chi connectivity index (χ1v) is 10.6. The van der Waals surface area contributed by atoms with Gasteiger partial charge < -0.3 is 30.0 Å². The molecule has 1 aliphatic heterocycles. The molecule has 3 N–H and O–H groups in total. The molecule has 0 aliphatic carbocycles. The van der Waals surface area contributed by atoms with E-state index in [0.29, 0.717) is 44.9 Å². The van der Waals surface area contributed by atoms with Crippen LogP contribution in [0.15, 0.2) is 0 Å². The second-order valence-electron chi connectivity index (χ2n) is 5.09. The van der Waals surface area contributed by atoms with Gasteiger partial charge in [-0.15, -0.1) is 0 Å². The second kappa shape index (κ2) is 17.3. The zero-order chi connectivity index (χ0) is 16.4. The zero-order valence-electron chi connectivity index (χ0n) is 14.0. The maximum atomic E-state index is 9.41. The molecule has 1 aliphatic rings. The van der Waals surface area contributed by atoms with Crippen LogP contribution in [0.4, 0.5) is 0 Å². The quantitative estimate of drug-likeness (QED) is 0.600. The highest BCUT2D eigenvalue weighted by atomic mass is 32.2. The van der Waals surface area contributed by atoms with Crippen LogP contribution in [0.2, 0.25) is 0 Å². The Bertz CT molecular complexity index is 232. The molecule has 0 aromatic rings. The van der Waals surface area contributed by atoms with Gasteiger partial charge in [0.05, 0.1) is 46.2 Å². The van der Waals surface area contributed by atoms with E-state index in [-0.39, 0.29) is 6.61 Å². The monoisotopic (exact) mass is 368 g/mol. The van der Waals surface area contributed by atoms with Crippen molar-refractivity contribution in [3.05, 3.63) is 0 Å². The minimum absolute atomic E-state index is 0.252. The average molecular weight is 369 g/mol. The van der Waals surface area contributed by atoms with E-state index in [1.807, 2.05) is 23.5 Å². The Morgan fingerprint density at radius 3 is 1.96 bits per heavy atom. The smallest absolute Gasteiger partial charge is 0.0701 e. The molecule has 1 unspecified atom stereocenters. The van der Waals surface area contributed by atoms with Crippen molar-refractivity contribution < 1.29 is 19.3 Å². The van der Waals surface area contributed by atoms with E-state index in [1.165, 1.54) is 0 Å². The van der Waals surface area contributed by atoms with Gasteiger partial charge in [0.15, 0.2) is 0 Å². The molecule has 1 fully saturated rings. The summed E-state index contributed by atoms with van der Waals surface area (Å²) in [6.07, 6.45) is 0. The first-order chi connectivity index (χ1) is 11.4. The predicted octanol–water partition coefficient (Wildman–Crippen LogP) is 0.0563. The van der Waals surface area contributed by atoms with Gasteiger partial charge in [0, 0.05) is 48.7 Å². The molecule has 6 nitrogen and oxygen atoms in total. The summed E-state index contributed by atoms with van der Waals surface area (Å²) < 4.78 is 16.4. The summed E-state index contributed by atoms with van der Waals surface area (Å²) in [6, 6.07) is 0. The first kappa shape index (κ1) is 21.5. The lowest BCUT2D eigenvalue weighted by Gasteiger charge is -2.14. The van der Waals surface area contributed by atoms with Crippen LogP contribution in [-0.2, 0) is 14.2 Å². The van der Waals surface area contributed by atoms with Crippen molar-refractivity contribution in [2.75, 3.05) is 89.7 Å². The van der Waals surface area contributed by atoms with E-state index in [4.69, 9.17) is 14.2 Å². The van der Waals surface area contributed by atoms with Crippen LogP contribution in [0.5, 0.6) is 0 Å². The van der Waals surface area contributed by atoms with Gasteiger partial charge in [-0.3, -0.25) is 0 Å². The number of aliphatic hydroxyl groups excluding tert-OH is 1. The Balaban J connectivity index is 2.14. The number of ether oxygens (including phenoxy) is 3. The van der Waals surface area contributed by atoms with Crippen LogP contribution < -0.4 is 10.6 Å². The summed E-state index contributed by atoms with van der Waals surface area (Å²) in [5, 5.41) is 16.5. The molecule has 23 heavy (non-hydrogen) atoms. The highest BCUT2D eigenvalue weighted by Crippen LogP contribution is 2.15. The van der Waals surface area contributed by atoms with E-state index >= 15 is 0 Å². The number of aliphatic hydroxyl groups is 1. The maximum Gasteiger partial charge on any atom is 0.0701 e. The van der Waals surface area contributed by atoms with E-state index in [2.05, 4.69) is 10.6 Å². The first-order valence-electron chi connectivity index (χ1n) is 8.38. The number of hydrogen-bond acceptors (Lipinski definition) is 8. The summed E-state index contributed by atoms with van der Waals surface area (Å²) in [7, 11) is 0. The van der Waals surface area contributed by atoms with Gasteiger partial charge in [-0.1, -0.05) is 0 Å². The summed E-state index contributed by atoms with van der Waals surface area (Å²) in [5.41, 5.74) is 0. The molecule has 1 heterocycles. The number of nitrogens with one attached hydrogen (secondary N) is 2. The van der Waals surface area contributed by atoms with Gasteiger partial charge in [0.2, 0.25) is 0 Å². The molecule has 1 saturated heterocycles. The molecule has 0 aromatic carbocycles. The zero-order valence-corrected chi connectivity index (χ0v) is 15.6. The van der Waals surface area contributed by atoms with Gasteiger partial charge in [-0.25, -0.2) is 0 Å². The third-order valence-corrected chi connectivity index (χ3v) is 5.72. The van der Waals surface area contributed by atoms with E-state index in [9.17, 15) is 5.11 Å². The summed E-state index contributed by atoms with van der Waals surface area (Å²) >= 11 is 3.73. The molecule has 0 saturated carbocycles. The lowest BCUT2D eigenvalue weighted by molar-refractivity contribution is 0.0158. The van der Waals surface area contributed by atoms with E-state index in [1.54, 1.807) is 0 Å². The van der Waals surface area contributed by atoms with Crippen molar-refractivity contribution in [1.82, 2.24) is 10.6 Å². The van der Waals surface area contributed by atoms with Crippen LogP contribution in [0, 0.1) is 0 Å². The van der Waals surface area contributed by atoms with Crippen molar-refractivity contribution in [2.24, 2.45) is 0 Å². The molecule has 0 radical (unpaired) electrons. The molecule has 8 heteroatoms. The number of thioether (sulfide) groups is 2. The molecule has 1 atom stereocenters. The van der Waals surface area contributed by atoms with Gasteiger partial charge in [0.1, 0.15) is 0 Å². The molecule has 0 spiro atoms. The Hall–Kier alpha value is 0.460. The maximum absolute atomic E-state index is 9.41. The molecule has 0 bridgehead atoms. The third-order valence-electron chi connectivity index (χ3n) is 3.15. The Morgan fingerprint density at radius 1 is 0.783 bits per heavy atom. The fourth-order valence-electron chi connectivity index (χ4n) is 1.89. The normalized spacial score (nSPS) is 26.2. The minimum Gasteiger partial charge on any atom is -0.395 e. The summed E-state index contributed by atoms with van der Waals surface area (Å²) in [6.45, 7) is 7.82. The molecule has 0 aromatic heterocycles. The van der Waals surface area contributed by atoms with Crippen molar-refractivity contribution >= 4 is 23.5 Å². The standard InChI is InChI=1S/C15H32N2O4S2/c18-13-15-14-22-11-3-16-1-5-19-7-9-21-10-8-20-6-2-17-4-12-23-15/h15-18H,1-14H2. The van der Waals surface area contributed by atoms with Gasteiger partial charge in [-0.05, 0) is 0 Å².